The third-order valence-corrected chi connectivity index (χ3v) is 5.71. The molecule has 2 aromatic rings. The lowest BCUT2D eigenvalue weighted by molar-refractivity contribution is 0.0594. The quantitative estimate of drug-likeness (QED) is 0.898. The van der Waals surface area contributed by atoms with Crippen LogP contribution in [0.1, 0.15) is 35.6 Å². The number of halogens is 1. The van der Waals surface area contributed by atoms with Crippen LogP contribution in [0.5, 0.6) is 5.75 Å². The number of benzene rings is 2. The Labute approximate surface area is 159 Å². The normalized spacial score (nSPS) is 25.5. The van der Waals surface area contributed by atoms with Crippen LogP contribution >= 0.6 is 11.6 Å². The van der Waals surface area contributed by atoms with Gasteiger partial charge in [-0.15, -0.1) is 0 Å². The predicted molar refractivity (Wildman–Crippen MR) is 102 cm³/mol. The Hall–Kier alpha value is -2.06. The van der Waals surface area contributed by atoms with E-state index in [-0.39, 0.29) is 18.2 Å². The molecule has 0 amide bonds. The fraction of sp³-hybridized carbons (Fsp3) is 0.381. The minimum Gasteiger partial charge on any atom is -0.482 e. The van der Waals surface area contributed by atoms with Crippen LogP contribution < -0.4 is 10.5 Å². The van der Waals surface area contributed by atoms with Gasteiger partial charge in [-0.25, -0.2) is 0 Å². The summed E-state index contributed by atoms with van der Waals surface area (Å²) < 4.78 is 6.41. The number of rotatable bonds is 3. The summed E-state index contributed by atoms with van der Waals surface area (Å²) >= 11 is 6.36. The molecule has 3 atom stereocenters. The number of fused-ring (bicyclic) bond motifs is 1. The predicted octanol–water partition coefficient (Wildman–Crippen LogP) is 3.68. The fourth-order valence-electron chi connectivity index (χ4n) is 4.14. The molecule has 2 aromatic carbocycles. The second-order valence-electron chi connectivity index (χ2n) is 7.16. The summed E-state index contributed by atoms with van der Waals surface area (Å²) in [5.74, 6) is 0.624. The van der Waals surface area contributed by atoms with Crippen molar-refractivity contribution >= 4 is 11.6 Å². The molecule has 0 aromatic heterocycles. The minimum atomic E-state index is -0.0815. The van der Waals surface area contributed by atoms with Gasteiger partial charge in [0.05, 0.1) is 22.7 Å². The molecule has 0 saturated carbocycles. The van der Waals surface area contributed by atoms with E-state index in [2.05, 4.69) is 35.2 Å². The molecule has 0 radical (unpaired) electrons. The zero-order valence-corrected chi connectivity index (χ0v) is 15.3. The maximum atomic E-state index is 9.04. The van der Waals surface area contributed by atoms with Crippen LogP contribution in [0.4, 0.5) is 0 Å². The van der Waals surface area contributed by atoms with Crippen LogP contribution in [0.3, 0.4) is 0 Å². The monoisotopic (exact) mass is 367 g/mol. The molecule has 0 spiro atoms. The highest BCUT2D eigenvalue weighted by atomic mass is 35.5. The number of nitriles is 1. The average Bonchev–Trinajstić information content (AvgIpc) is 3.02. The number of nitrogens with two attached hydrogens (primary N) is 1. The van der Waals surface area contributed by atoms with Gasteiger partial charge in [0.25, 0.3) is 0 Å². The minimum absolute atomic E-state index is 0.0815. The highest BCUT2D eigenvalue weighted by molar-refractivity contribution is 6.32. The summed E-state index contributed by atoms with van der Waals surface area (Å²) in [6.07, 6.45) is 3.09. The Morgan fingerprint density at radius 3 is 2.85 bits per heavy atom. The van der Waals surface area contributed by atoms with E-state index in [9.17, 15) is 0 Å². The van der Waals surface area contributed by atoms with Crippen LogP contribution in [0.2, 0.25) is 5.02 Å². The second-order valence-corrected chi connectivity index (χ2v) is 7.57. The number of hydrogen-bond donors (Lipinski definition) is 1. The standard InChI is InChI=1S/C21H22ClN3O/c22-18-10-14(12-23)7-8-20(18)26-21-17-6-2-1-4-15(17)11-19(21)25-9-3-5-16(24)13-25/h1-2,4,6-8,10,16,19,21H,3,5,9,11,13,24H2/t16-,19+,21+/m0/s1. The Kier molecular flexibility index (Phi) is 4.86. The van der Waals surface area contributed by atoms with E-state index in [1.807, 2.05) is 0 Å². The summed E-state index contributed by atoms with van der Waals surface area (Å²) in [5.41, 5.74) is 9.30. The van der Waals surface area contributed by atoms with Gasteiger partial charge in [0.2, 0.25) is 0 Å². The zero-order chi connectivity index (χ0) is 18.1. The van der Waals surface area contributed by atoms with Crippen molar-refractivity contribution in [3.63, 3.8) is 0 Å². The van der Waals surface area contributed by atoms with Gasteiger partial charge in [-0.1, -0.05) is 35.9 Å². The molecule has 1 heterocycles. The number of piperidine rings is 1. The Bertz CT molecular complexity index is 847. The highest BCUT2D eigenvalue weighted by Gasteiger charge is 2.39. The molecule has 2 aliphatic rings. The smallest absolute Gasteiger partial charge is 0.140 e. The van der Waals surface area contributed by atoms with Crippen molar-refractivity contribution in [2.24, 2.45) is 5.73 Å². The summed E-state index contributed by atoms with van der Waals surface area (Å²) in [5, 5.41) is 9.51. The molecule has 5 heteroatoms. The van der Waals surface area contributed by atoms with Crippen molar-refractivity contribution in [1.29, 1.82) is 5.26 Å². The molecule has 4 rings (SSSR count). The Morgan fingerprint density at radius 1 is 1.23 bits per heavy atom. The van der Waals surface area contributed by atoms with Crippen LogP contribution in [-0.2, 0) is 6.42 Å². The Morgan fingerprint density at radius 2 is 2.08 bits per heavy atom. The van der Waals surface area contributed by atoms with Gasteiger partial charge in [-0.2, -0.15) is 5.26 Å². The zero-order valence-electron chi connectivity index (χ0n) is 14.6. The van der Waals surface area contributed by atoms with E-state index in [0.717, 1.165) is 32.4 Å². The van der Waals surface area contributed by atoms with Gasteiger partial charge in [0.1, 0.15) is 11.9 Å². The second kappa shape index (κ2) is 7.28. The highest BCUT2D eigenvalue weighted by Crippen LogP contribution is 2.40. The van der Waals surface area contributed by atoms with Gasteiger partial charge in [-0.3, -0.25) is 4.90 Å². The first kappa shape index (κ1) is 17.4. The van der Waals surface area contributed by atoms with E-state index in [1.165, 1.54) is 11.1 Å². The van der Waals surface area contributed by atoms with Gasteiger partial charge in [0.15, 0.2) is 0 Å². The molecule has 1 aliphatic heterocycles. The van der Waals surface area contributed by atoms with E-state index in [4.69, 9.17) is 27.3 Å². The van der Waals surface area contributed by atoms with Crippen molar-refractivity contribution in [3.05, 3.63) is 64.2 Å². The number of nitrogens with zero attached hydrogens (tertiary/aromatic N) is 2. The lowest BCUT2D eigenvalue weighted by Crippen LogP contribution is -2.49. The number of hydrogen-bond acceptors (Lipinski definition) is 4. The molecule has 0 unspecified atom stereocenters. The first-order valence-electron chi connectivity index (χ1n) is 9.09. The van der Waals surface area contributed by atoms with Crippen molar-refractivity contribution in [3.8, 4) is 11.8 Å². The van der Waals surface area contributed by atoms with Crippen molar-refractivity contribution in [1.82, 2.24) is 4.90 Å². The van der Waals surface area contributed by atoms with Crippen molar-refractivity contribution < 1.29 is 4.74 Å². The average molecular weight is 368 g/mol. The summed E-state index contributed by atoms with van der Waals surface area (Å²) in [7, 11) is 0. The molecular formula is C21H22ClN3O. The summed E-state index contributed by atoms with van der Waals surface area (Å²) in [6.45, 7) is 1.95. The molecule has 134 valence electrons. The summed E-state index contributed by atoms with van der Waals surface area (Å²) in [4.78, 5) is 2.47. The third-order valence-electron chi connectivity index (χ3n) is 5.41. The number of likely N-dealkylation sites (tertiary alicyclic amines) is 1. The molecular weight excluding hydrogens is 346 g/mol. The SMILES string of the molecule is N#Cc1ccc(O[C@@H]2c3ccccc3C[C@H]2N2CCC[C@H](N)C2)c(Cl)c1. The Balaban J connectivity index is 1.64. The van der Waals surface area contributed by atoms with Crippen LogP contribution in [0.25, 0.3) is 0 Å². The van der Waals surface area contributed by atoms with Crippen molar-refractivity contribution in [2.45, 2.75) is 37.5 Å². The van der Waals surface area contributed by atoms with Gasteiger partial charge >= 0.3 is 0 Å². The first-order chi connectivity index (χ1) is 12.7. The van der Waals surface area contributed by atoms with Gasteiger partial charge < -0.3 is 10.5 Å². The first-order valence-corrected chi connectivity index (χ1v) is 9.47. The fourth-order valence-corrected chi connectivity index (χ4v) is 4.37. The molecule has 1 saturated heterocycles. The molecule has 4 nitrogen and oxygen atoms in total. The van der Waals surface area contributed by atoms with Crippen LogP contribution in [0.15, 0.2) is 42.5 Å². The van der Waals surface area contributed by atoms with Crippen LogP contribution in [0, 0.1) is 11.3 Å². The van der Waals surface area contributed by atoms with Crippen molar-refractivity contribution in [2.75, 3.05) is 13.1 Å². The van der Waals surface area contributed by atoms with E-state index in [1.54, 1.807) is 18.2 Å². The molecule has 26 heavy (non-hydrogen) atoms. The maximum Gasteiger partial charge on any atom is 0.140 e. The maximum absolute atomic E-state index is 9.04. The number of ether oxygens (including phenoxy) is 1. The topological polar surface area (TPSA) is 62.3 Å². The van der Waals surface area contributed by atoms with E-state index >= 15 is 0 Å². The molecule has 1 aliphatic carbocycles. The summed E-state index contributed by atoms with van der Waals surface area (Å²) in [6, 6.07) is 16.2. The van der Waals surface area contributed by atoms with E-state index in [0.29, 0.717) is 16.3 Å². The third kappa shape index (κ3) is 3.31. The molecule has 0 bridgehead atoms. The van der Waals surface area contributed by atoms with E-state index < -0.39 is 0 Å². The van der Waals surface area contributed by atoms with Crippen LogP contribution in [-0.4, -0.2) is 30.1 Å². The lowest BCUT2D eigenvalue weighted by atomic mass is 10.0. The van der Waals surface area contributed by atoms with Gasteiger partial charge in [-0.05, 0) is 55.1 Å². The molecule has 2 N–H and O–H groups in total. The molecule has 1 fully saturated rings. The van der Waals surface area contributed by atoms with Gasteiger partial charge in [0, 0.05) is 12.6 Å². The largest absolute Gasteiger partial charge is 0.482 e. The lowest BCUT2D eigenvalue weighted by Gasteiger charge is -2.38.